The summed E-state index contributed by atoms with van der Waals surface area (Å²) in [6.07, 6.45) is 0. The number of carbonyl (C=O) groups excluding carboxylic acids is 1. The molecular formula is C14H19ClN2OS. The van der Waals surface area contributed by atoms with E-state index in [1.807, 2.05) is 20.8 Å². The quantitative estimate of drug-likeness (QED) is 0.850. The van der Waals surface area contributed by atoms with E-state index in [1.165, 1.54) is 0 Å². The molecule has 0 aliphatic heterocycles. The molecule has 5 heteroatoms. The van der Waals surface area contributed by atoms with Crippen molar-refractivity contribution < 1.29 is 4.79 Å². The maximum atomic E-state index is 12.5. The minimum Gasteiger partial charge on any atom is -0.393 e. The summed E-state index contributed by atoms with van der Waals surface area (Å²) in [6, 6.07) is 5.35. The number of nitrogens with two attached hydrogens (primary N) is 1. The fourth-order valence-electron chi connectivity index (χ4n) is 1.79. The van der Waals surface area contributed by atoms with Crippen molar-refractivity contribution in [1.82, 2.24) is 4.90 Å². The van der Waals surface area contributed by atoms with E-state index in [9.17, 15) is 4.79 Å². The van der Waals surface area contributed by atoms with Gasteiger partial charge >= 0.3 is 0 Å². The van der Waals surface area contributed by atoms with Gasteiger partial charge in [-0.05, 0) is 31.5 Å². The van der Waals surface area contributed by atoms with Gasteiger partial charge in [0.2, 0.25) is 0 Å². The Balaban J connectivity index is 2.96. The Bertz CT molecular complexity index is 490. The van der Waals surface area contributed by atoms with Gasteiger partial charge in [0.15, 0.2) is 0 Å². The van der Waals surface area contributed by atoms with Gasteiger partial charge in [0.1, 0.15) is 0 Å². The Hall–Kier alpha value is -1.13. The highest BCUT2D eigenvalue weighted by Gasteiger charge is 2.20. The Morgan fingerprint density at radius 1 is 1.53 bits per heavy atom. The molecule has 0 saturated carbocycles. The fourth-order valence-corrected chi connectivity index (χ4v) is 2.03. The standard InChI is InChI=1S/C14H19ClN2OS/c1-4-17(8-9(2)13(16)19)14(18)11-6-5-7-12(15)10(11)3/h5-7,9H,4,8H2,1-3H3,(H2,16,19). The molecule has 0 heterocycles. The number of halogens is 1. The molecule has 0 bridgehead atoms. The van der Waals surface area contributed by atoms with E-state index < -0.39 is 0 Å². The zero-order valence-corrected chi connectivity index (χ0v) is 13.0. The van der Waals surface area contributed by atoms with Gasteiger partial charge in [0, 0.05) is 29.6 Å². The van der Waals surface area contributed by atoms with E-state index >= 15 is 0 Å². The van der Waals surface area contributed by atoms with Crippen LogP contribution < -0.4 is 5.73 Å². The topological polar surface area (TPSA) is 46.3 Å². The smallest absolute Gasteiger partial charge is 0.254 e. The molecule has 1 rings (SSSR count). The van der Waals surface area contributed by atoms with Crippen LogP contribution >= 0.6 is 23.8 Å². The summed E-state index contributed by atoms with van der Waals surface area (Å²) in [5.74, 6) is -0.0380. The van der Waals surface area contributed by atoms with Crippen LogP contribution in [-0.2, 0) is 0 Å². The van der Waals surface area contributed by atoms with Crippen LogP contribution in [-0.4, -0.2) is 28.9 Å². The molecule has 19 heavy (non-hydrogen) atoms. The third kappa shape index (κ3) is 3.91. The highest BCUT2D eigenvalue weighted by atomic mass is 35.5. The van der Waals surface area contributed by atoms with Gasteiger partial charge in [0.25, 0.3) is 5.91 Å². The van der Waals surface area contributed by atoms with Gasteiger partial charge in [0.05, 0.1) is 4.99 Å². The SMILES string of the molecule is CCN(CC(C)C(N)=S)C(=O)c1cccc(Cl)c1C. The third-order valence-corrected chi connectivity index (χ3v) is 3.96. The fraction of sp³-hybridized carbons (Fsp3) is 0.429. The molecule has 1 unspecified atom stereocenters. The summed E-state index contributed by atoms with van der Waals surface area (Å²) in [5, 5.41) is 0.601. The molecule has 1 aromatic rings. The minimum atomic E-state index is -0.0365. The molecule has 104 valence electrons. The van der Waals surface area contributed by atoms with Crippen LogP contribution in [0.4, 0.5) is 0 Å². The lowest BCUT2D eigenvalue weighted by molar-refractivity contribution is 0.0754. The third-order valence-electron chi connectivity index (χ3n) is 3.15. The summed E-state index contributed by atoms with van der Waals surface area (Å²) in [4.78, 5) is 14.7. The molecule has 0 aromatic heterocycles. The minimum absolute atomic E-state index is 0.00149. The number of hydrogen-bond acceptors (Lipinski definition) is 2. The van der Waals surface area contributed by atoms with E-state index in [2.05, 4.69) is 0 Å². The molecule has 0 radical (unpaired) electrons. The lowest BCUT2D eigenvalue weighted by atomic mass is 10.1. The normalized spacial score (nSPS) is 12.0. The first-order valence-electron chi connectivity index (χ1n) is 6.22. The first-order valence-corrected chi connectivity index (χ1v) is 7.00. The molecule has 1 amide bonds. The molecule has 0 saturated heterocycles. The zero-order valence-electron chi connectivity index (χ0n) is 11.4. The summed E-state index contributed by atoms with van der Waals surface area (Å²) < 4.78 is 0. The molecule has 2 N–H and O–H groups in total. The average molecular weight is 299 g/mol. The monoisotopic (exact) mass is 298 g/mol. The number of rotatable bonds is 5. The van der Waals surface area contributed by atoms with Gasteiger partial charge in [-0.2, -0.15) is 0 Å². The highest BCUT2D eigenvalue weighted by Crippen LogP contribution is 2.20. The second-order valence-corrected chi connectivity index (χ2v) is 5.44. The summed E-state index contributed by atoms with van der Waals surface area (Å²) in [6.45, 7) is 6.84. The molecule has 0 spiro atoms. The molecular weight excluding hydrogens is 280 g/mol. The van der Waals surface area contributed by atoms with Crippen LogP contribution in [0.2, 0.25) is 5.02 Å². The van der Waals surface area contributed by atoms with Gasteiger partial charge < -0.3 is 10.6 Å². The van der Waals surface area contributed by atoms with Gasteiger partial charge in [-0.15, -0.1) is 0 Å². The van der Waals surface area contributed by atoms with E-state index in [4.69, 9.17) is 29.6 Å². The van der Waals surface area contributed by atoms with E-state index in [-0.39, 0.29) is 11.8 Å². The van der Waals surface area contributed by atoms with Crippen LogP contribution in [0, 0.1) is 12.8 Å². The number of thiocarbonyl (C=S) groups is 1. The number of carbonyl (C=O) groups is 1. The average Bonchev–Trinajstić information content (AvgIpc) is 2.38. The largest absolute Gasteiger partial charge is 0.393 e. The lowest BCUT2D eigenvalue weighted by Gasteiger charge is -2.25. The predicted octanol–water partition coefficient (Wildman–Crippen LogP) is 3.03. The first kappa shape index (κ1) is 15.9. The lowest BCUT2D eigenvalue weighted by Crippen LogP contribution is -2.38. The Morgan fingerprint density at radius 3 is 2.68 bits per heavy atom. The summed E-state index contributed by atoms with van der Waals surface area (Å²) in [7, 11) is 0. The van der Waals surface area contributed by atoms with Gasteiger partial charge in [-0.3, -0.25) is 4.79 Å². The summed E-state index contributed by atoms with van der Waals surface area (Å²) >= 11 is 11.0. The van der Waals surface area contributed by atoms with Crippen molar-refractivity contribution in [2.45, 2.75) is 20.8 Å². The van der Waals surface area contributed by atoms with Crippen molar-refractivity contribution >= 4 is 34.7 Å². The van der Waals surface area contributed by atoms with E-state index in [0.29, 0.717) is 28.7 Å². The van der Waals surface area contributed by atoms with Crippen molar-refractivity contribution in [2.75, 3.05) is 13.1 Å². The van der Waals surface area contributed by atoms with Gasteiger partial charge in [-0.25, -0.2) is 0 Å². The Morgan fingerprint density at radius 2 is 2.16 bits per heavy atom. The molecule has 0 aliphatic rings. The predicted molar refractivity (Wildman–Crippen MR) is 83.7 cm³/mol. The van der Waals surface area contributed by atoms with Crippen molar-refractivity contribution in [1.29, 1.82) is 0 Å². The number of hydrogen-bond donors (Lipinski definition) is 1. The maximum absolute atomic E-state index is 12.5. The maximum Gasteiger partial charge on any atom is 0.254 e. The van der Waals surface area contributed by atoms with Crippen molar-refractivity contribution in [3.05, 3.63) is 34.3 Å². The molecule has 3 nitrogen and oxygen atoms in total. The van der Waals surface area contributed by atoms with Crippen molar-refractivity contribution in [2.24, 2.45) is 11.7 Å². The van der Waals surface area contributed by atoms with Crippen LogP contribution in [0.25, 0.3) is 0 Å². The van der Waals surface area contributed by atoms with E-state index in [1.54, 1.807) is 23.1 Å². The second-order valence-electron chi connectivity index (χ2n) is 4.56. The number of benzene rings is 1. The second kappa shape index (κ2) is 6.87. The first-order chi connectivity index (χ1) is 8.88. The zero-order chi connectivity index (χ0) is 14.6. The Labute approximate surface area is 124 Å². The Kier molecular flexibility index (Phi) is 5.76. The van der Waals surface area contributed by atoms with Gasteiger partial charge in [-0.1, -0.05) is 36.8 Å². The number of nitrogens with zero attached hydrogens (tertiary/aromatic N) is 1. The number of amides is 1. The van der Waals surface area contributed by atoms with Crippen LogP contribution in [0.3, 0.4) is 0 Å². The molecule has 0 fully saturated rings. The summed E-state index contributed by atoms with van der Waals surface area (Å²) in [5.41, 5.74) is 7.03. The van der Waals surface area contributed by atoms with Crippen LogP contribution in [0.1, 0.15) is 29.8 Å². The van der Waals surface area contributed by atoms with E-state index in [0.717, 1.165) is 5.56 Å². The highest BCUT2D eigenvalue weighted by molar-refractivity contribution is 7.80. The van der Waals surface area contributed by atoms with Crippen molar-refractivity contribution in [3.8, 4) is 0 Å². The van der Waals surface area contributed by atoms with Crippen LogP contribution in [0.15, 0.2) is 18.2 Å². The molecule has 1 atom stereocenters. The van der Waals surface area contributed by atoms with Crippen molar-refractivity contribution in [3.63, 3.8) is 0 Å². The molecule has 0 aliphatic carbocycles. The van der Waals surface area contributed by atoms with Crippen LogP contribution in [0.5, 0.6) is 0 Å². The molecule has 1 aromatic carbocycles.